The Bertz CT molecular complexity index is 1340. The molecule has 2 aliphatic rings. The number of sulfonamides is 1. The minimum absolute atomic E-state index is 0.0544. The van der Waals surface area contributed by atoms with Crippen LogP contribution < -0.4 is 0 Å². The molecule has 0 aromatic heterocycles. The molecular weight excluding hydrogens is 504 g/mol. The molecule has 0 saturated carbocycles. The average molecular weight is 539 g/mol. The van der Waals surface area contributed by atoms with Crippen LogP contribution in [0.5, 0.6) is 0 Å². The van der Waals surface area contributed by atoms with Gasteiger partial charge >= 0.3 is 0 Å². The van der Waals surface area contributed by atoms with Crippen molar-refractivity contribution in [2.75, 3.05) is 33.2 Å². The van der Waals surface area contributed by atoms with E-state index in [2.05, 4.69) is 35.2 Å². The number of likely N-dealkylation sites (N-methyl/N-ethyl adjacent to an activating group) is 1. The largest absolute Gasteiger partial charge is 0.365 e. The molecule has 0 bridgehead atoms. The van der Waals surface area contributed by atoms with Gasteiger partial charge in [-0.2, -0.15) is 0 Å². The summed E-state index contributed by atoms with van der Waals surface area (Å²) in [6.07, 6.45) is 2.83. The van der Waals surface area contributed by atoms with Crippen LogP contribution in [0.1, 0.15) is 47.4 Å². The lowest BCUT2D eigenvalue weighted by Crippen LogP contribution is -2.43. The number of hydrogen-bond donors (Lipinski definition) is 0. The van der Waals surface area contributed by atoms with Gasteiger partial charge in [0.05, 0.1) is 17.1 Å². The predicted octanol–water partition coefficient (Wildman–Crippen LogP) is 5.96. The molecule has 3 aromatic carbocycles. The molecule has 196 valence electrons. The fourth-order valence-corrected chi connectivity index (χ4v) is 7.10. The van der Waals surface area contributed by atoms with E-state index in [0.717, 1.165) is 55.0 Å². The minimum atomic E-state index is -3.57. The molecule has 37 heavy (non-hydrogen) atoms. The lowest BCUT2D eigenvalue weighted by molar-refractivity contribution is -0.0789. The van der Waals surface area contributed by atoms with Gasteiger partial charge in [0.2, 0.25) is 10.0 Å². The molecule has 7 heteroatoms. The Morgan fingerprint density at radius 1 is 1.03 bits per heavy atom. The van der Waals surface area contributed by atoms with E-state index in [4.69, 9.17) is 16.3 Å². The Labute approximate surface area is 226 Å². The first-order valence-corrected chi connectivity index (χ1v) is 14.8. The van der Waals surface area contributed by atoms with Gasteiger partial charge in [-0.3, -0.25) is 0 Å². The number of benzene rings is 3. The predicted molar refractivity (Wildman–Crippen MR) is 148 cm³/mol. The molecule has 2 heterocycles. The van der Waals surface area contributed by atoms with Gasteiger partial charge < -0.3 is 9.64 Å². The van der Waals surface area contributed by atoms with E-state index in [1.807, 2.05) is 25.1 Å². The van der Waals surface area contributed by atoms with Crippen molar-refractivity contribution in [3.8, 4) is 0 Å². The molecule has 1 saturated heterocycles. The van der Waals surface area contributed by atoms with Gasteiger partial charge in [0.25, 0.3) is 0 Å². The normalized spacial score (nSPS) is 18.3. The van der Waals surface area contributed by atoms with E-state index >= 15 is 0 Å². The number of aryl methyl sites for hydroxylation is 1. The van der Waals surface area contributed by atoms with Crippen molar-refractivity contribution in [3.05, 3.63) is 100 Å². The first kappa shape index (κ1) is 26.4. The summed E-state index contributed by atoms with van der Waals surface area (Å²) < 4.78 is 34.3. The number of ether oxygens (including phenoxy) is 1. The SMILES string of the molecule is Cc1cc(C(CCN2CCC3(CC2)OCc2ccccc23)CN(C)S(=O)(=O)c2ccccc2)ccc1Cl. The van der Waals surface area contributed by atoms with Gasteiger partial charge in [-0.05, 0) is 79.1 Å². The number of fused-ring (bicyclic) bond motifs is 2. The average Bonchev–Trinajstić information content (AvgIpc) is 3.27. The molecule has 0 N–H and O–H groups in total. The van der Waals surface area contributed by atoms with Gasteiger partial charge in [-0.1, -0.05) is 66.2 Å². The molecule has 2 aliphatic heterocycles. The third-order valence-corrected chi connectivity index (χ3v) is 10.3. The first-order chi connectivity index (χ1) is 17.8. The maximum absolute atomic E-state index is 13.3. The van der Waals surface area contributed by atoms with Crippen LogP contribution in [0.15, 0.2) is 77.7 Å². The van der Waals surface area contributed by atoms with Crippen molar-refractivity contribution in [2.24, 2.45) is 0 Å². The molecule has 1 unspecified atom stereocenters. The van der Waals surface area contributed by atoms with Crippen molar-refractivity contribution < 1.29 is 13.2 Å². The van der Waals surface area contributed by atoms with Crippen LogP contribution >= 0.6 is 11.6 Å². The van der Waals surface area contributed by atoms with Crippen LogP contribution in [0.2, 0.25) is 5.02 Å². The van der Waals surface area contributed by atoms with Gasteiger partial charge in [-0.15, -0.1) is 0 Å². The van der Waals surface area contributed by atoms with Crippen LogP contribution in [0.3, 0.4) is 0 Å². The fourth-order valence-electron chi connectivity index (χ4n) is 5.74. The summed E-state index contributed by atoms with van der Waals surface area (Å²) in [5.74, 6) is 0.0544. The summed E-state index contributed by atoms with van der Waals surface area (Å²) in [6, 6.07) is 23.3. The zero-order valence-electron chi connectivity index (χ0n) is 21.6. The molecule has 1 spiro atoms. The highest BCUT2D eigenvalue weighted by Crippen LogP contribution is 2.44. The van der Waals surface area contributed by atoms with E-state index in [1.165, 1.54) is 15.4 Å². The Hall–Kier alpha value is -2.22. The zero-order chi connectivity index (χ0) is 26.0. The summed E-state index contributed by atoms with van der Waals surface area (Å²) in [4.78, 5) is 2.82. The second kappa shape index (κ2) is 10.9. The van der Waals surface area contributed by atoms with Gasteiger partial charge in [-0.25, -0.2) is 12.7 Å². The molecule has 0 radical (unpaired) electrons. The molecule has 3 aromatic rings. The number of nitrogens with zero attached hydrogens (tertiary/aromatic N) is 2. The Balaban J connectivity index is 1.28. The standard InChI is InChI=1S/C30H35ClN2O3S/c1-23-20-24(12-13-29(23)31)25(21-32(2)37(34,35)27-9-4-3-5-10-27)14-17-33-18-15-30(16-19-33)28-11-7-6-8-26(28)22-36-30/h3-13,20,25H,14-19,21-22H2,1-2H3. The summed E-state index contributed by atoms with van der Waals surface area (Å²) in [5, 5.41) is 0.728. The smallest absolute Gasteiger partial charge is 0.242 e. The number of likely N-dealkylation sites (tertiary alicyclic amines) is 1. The lowest BCUT2D eigenvalue weighted by Gasteiger charge is -2.39. The van der Waals surface area contributed by atoms with Gasteiger partial charge in [0, 0.05) is 31.7 Å². The van der Waals surface area contributed by atoms with Crippen LogP contribution in [-0.4, -0.2) is 50.8 Å². The van der Waals surface area contributed by atoms with Crippen molar-refractivity contribution in [2.45, 2.75) is 49.2 Å². The van der Waals surface area contributed by atoms with Crippen molar-refractivity contribution in [3.63, 3.8) is 0 Å². The minimum Gasteiger partial charge on any atom is -0.365 e. The topological polar surface area (TPSA) is 49.9 Å². The van der Waals surface area contributed by atoms with Crippen LogP contribution in [-0.2, 0) is 27.0 Å². The van der Waals surface area contributed by atoms with Crippen molar-refractivity contribution in [1.82, 2.24) is 9.21 Å². The third-order valence-electron chi connectivity index (χ3n) is 8.05. The highest BCUT2D eigenvalue weighted by molar-refractivity contribution is 7.89. The second-order valence-electron chi connectivity index (χ2n) is 10.4. The molecule has 0 amide bonds. The maximum Gasteiger partial charge on any atom is 0.242 e. The molecular formula is C30H35ClN2O3S. The van der Waals surface area contributed by atoms with E-state index in [0.29, 0.717) is 18.0 Å². The maximum atomic E-state index is 13.3. The number of piperidine rings is 1. The van der Waals surface area contributed by atoms with E-state index in [1.54, 1.807) is 31.3 Å². The van der Waals surface area contributed by atoms with Crippen LogP contribution in [0, 0.1) is 6.92 Å². The van der Waals surface area contributed by atoms with E-state index in [9.17, 15) is 8.42 Å². The van der Waals surface area contributed by atoms with E-state index in [-0.39, 0.29) is 11.5 Å². The number of rotatable bonds is 8. The molecule has 1 fully saturated rings. The summed E-state index contributed by atoms with van der Waals surface area (Å²) in [5.41, 5.74) is 4.66. The number of hydrogen-bond acceptors (Lipinski definition) is 4. The summed E-state index contributed by atoms with van der Waals surface area (Å²) in [6.45, 7) is 5.96. The first-order valence-electron chi connectivity index (χ1n) is 13.0. The van der Waals surface area contributed by atoms with Crippen LogP contribution in [0.25, 0.3) is 0 Å². The lowest BCUT2D eigenvalue weighted by atomic mass is 9.83. The van der Waals surface area contributed by atoms with Crippen molar-refractivity contribution in [1.29, 1.82) is 0 Å². The quantitative estimate of drug-likeness (QED) is 0.355. The van der Waals surface area contributed by atoms with Gasteiger partial charge in [0.15, 0.2) is 0 Å². The Morgan fingerprint density at radius 3 is 2.46 bits per heavy atom. The number of halogens is 1. The fraction of sp³-hybridized carbons (Fsp3) is 0.400. The highest BCUT2D eigenvalue weighted by Gasteiger charge is 2.42. The highest BCUT2D eigenvalue weighted by atomic mass is 35.5. The van der Waals surface area contributed by atoms with Gasteiger partial charge in [0.1, 0.15) is 0 Å². The van der Waals surface area contributed by atoms with Crippen LogP contribution in [0.4, 0.5) is 0 Å². The zero-order valence-corrected chi connectivity index (χ0v) is 23.1. The Morgan fingerprint density at radius 2 is 1.73 bits per heavy atom. The Kier molecular flexibility index (Phi) is 7.75. The van der Waals surface area contributed by atoms with Crippen molar-refractivity contribution >= 4 is 21.6 Å². The monoisotopic (exact) mass is 538 g/mol. The molecule has 5 rings (SSSR count). The summed E-state index contributed by atoms with van der Waals surface area (Å²) >= 11 is 6.31. The summed E-state index contributed by atoms with van der Waals surface area (Å²) in [7, 11) is -1.89. The molecule has 5 nitrogen and oxygen atoms in total. The molecule has 1 atom stereocenters. The molecule has 0 aliphatic carbocycles. The third kappa shape index (κ3) is 5.50. The van der Waals surface area contributed by atoms with E-state index < -0.39 is 10.0 Å². The second-order valence-corrected chi connectivity index (χ2v) is 12.8.